The zero-order valence-corrected chi connectivity index (χ0v) is 27.8. The minimum atomic E-state index is -0.107. The summed E-state index contributed by atoms with van der Waals surface area (Å²) in [4.78, 5) is 12.8. The standard InChI is InChI=1S/C27H46O.C4H8.C3H8.C2H6/c1-8-9-19-18-10-11-22-26(6,20(18)12-15-24(19,2)3)16-13-21-25(4,5)23(28)14-17-27(21,22)7;1-4(2)3;1-3-2;1-2/h18-22H,8-17H2,1-7H3;1H2,2-3H3;3H2,1-2H3;1-2H3. The number of Topliss-reactive ketones (excluding diaryl/α,β-unsaturated/α-hetero) is 1. The van der Waals surface area contributed by atoms with Crippen molar-refractivity contribution in [3.05, 3.63) is 12.2 Å². The van der Waals surface area contributed by atoms with E-state index in [2.05, 4.69) is 68.9 Å². The summed E-state index contributed by atoms with van der Waals surface area (Å²) < 4.78 is 0. The molecule has 0 aromatic heterocycles. The van der Waals surface area contributed by atoms with Gasteiger partial charge in [0.25, 0.3) is 0 Å². The fourth-order valence-corrected chi connectivity index (χ4v) is 9.77. The molecule has 4 aliphatic carbocycles. The molecule has 7 atom stereocenters. The molecule has 0 amide bonds. The Balaban J connectivity index is 0.000000670. The monoisotopic (exact) mass is 517 g/mol. The molecule has 0 aromatic rings. The molecule has 0 saturated heterocycles. The van der Waals surface area contributed by atoms with Gasteiger partial charge in [-0.2, -0.15) is 0 Å². The Morgan fingerprint density at radius 1 is 0.811 bits per heavy atom. The van der Waals surface area contributed by atoms with Crippen molar-refractivity contribution in [3.63, 3.8) is 0 Å². The third-order valence-electron chi connectivity index (χ3n) is 11.2. The maximum absolute atomic E-state index is 12.8. The molecule has 0 heterocycles. The van der Waals surface area contributed by atoms with E-state index < -0.39 is 0 Å². The number of hydrogen-bond acceptors (Lipinski definition) is 1. The zero-order chi connectivity index (χ0) is 28.8. The van der Waals surface area contributed by atoms with Gasteiger partial charge in [0.1, 0.15) is 5.78 Å². The SMILES string of the molecule is C=C(C)C.CC.CCC.CCCC1C2CCC3C(C)(CCC4C(C)(C)C(=O)CCC43C)C2CCC1(C)C. The van der Waals surface area contributed by atoms with E-state index in [1.165, 1.54) is 63.4 Å². The van der Waals surface area contributed by atoms with E-state index in [0.29, 0.717) is 27.9 Å². The molecule has 0 radical (unpaired) electrons. The van der Waals surface area contributed by atoms with Gasteiger partial charge in [-0.15, -0.1) is 6.58 Å². The predicted molar refractivity (Wildman–Crippen MR) is 166 cm³/mol. The third kappa shape index (κ3) is 6.95. The summed E-state index contributed by atoms with van der Waals surface area (Å²) in [5, 5.41) is 0. The molecule has 1 heteroatoms. The lowest BCUT2D eigenvalue weighted by Gasteiger charge is -2.68. The molecule has 0 N–H and O–H groups in total. The first-order chi connectivity index (χ1) is 17.1. The molecule has 0 aromatic carbocycles. The molecule has 0 spiro atoms. The molecule has 4 rings (SSSR count). The fourth-order valence-electron chi connectivity index (χ4n) is 9.77. The van der Waals surface area contributed by atoms with Gasteiger partial charge in [0.2, 0.25) is 0 Å². The van der Waals surface area contributed by atoms with Crippen molar-refractivity contribution in [1.29, 1.82) is 0 Å². The number of ketones is 1. The van der Waals surface area contributed by atoms with Crippen LogP contribution in [0.4, 0.5) is 0 Å². The van der Waals surface area contributed by atoms with Gasteiger partial charge in [0, 0.05) is 11.8 Å². The van der Waals surface area contributed by atoms with Gasteiger partial charge in [-0.25, -0.2) is 0 Å². The quantitative estimate of drug-likeness (QED) is 0.333. The van der Waals surface area contributed by atoms with Crippen LogP contribution in [0.25, 0.3) is 0 Å². The van der Waals surface area contributed by atoms with E-state index in [0.717, 1.165) is 36.5 Å². The second-order valence-electron chi connectivity index (χ2n) is 15.0. The van der Waals surface area contributed by atoms with Crippen LogP contribution in [-0.2, 0) is 4.79 Å². The van der Waals surface area contributed by atoms with E-state index in [4.69, 9.17) is 0 Å². The lowest BCUT2D eigenvalue weighted by atomic mass is 9.36. The first-order valence-electron chi connectivity index (χ1n) is 16.3. The number of allylic oxidation sites excluding steroid dienone is 1. The van der Waals surface area contributed by atoms with E-state index in [1.807, 2.05) is 27.7 Å². The van der Waals surface area contributed by atoms with Crippen molar-refractivity contribution in [2.45, 2.75) is 161 Å². The fraction of sp³-hybridized carbons (Fsp3) is 0.917. The Hall–Kier alpha value is -0.590. The Morgan fingerprint density at radius 2 is 1.35 bits per heavy atom. The van der Waals surface area contributed by atoms with Crippen LogP contribution in [0.5, 0.6) is 0 Å². The summed E-state index contributed by atoms with van der Waals surface area (Å²) in [7, 11) is 0. The highest BCUT2D eigenvalue weighted by Gasteiger charge is 2.65. The van der Waals surface area contributed by atoms with Gasteiger partial charge in [-0.3, -0.25) is 4.79 Å². The molecule has 37 heavy (non-hydrogen) atoms. The van der Waals surface area contributed by atoms with E-state index in [1.54, 1.807) is 0 Å². The van der Waals surface area contributed by atoms with Crippen LogP contribution in [0.3, 0.4) is 0 Å². The molecule has 0 bridgehead atoms. The van der Waals surface area contributed by atoms with Crippen molar-refractivity contribution in [2.75, 3.05) is 0 Å². The third-order valence-corrected chi connectivity index (χ3v) is 11.2. The van der Waals surface area contributed by atoms with Crippen LogP contribution in [-0.4, -0.2) is 5.78 Å². The smallest absolute Gasteiger partial charge is 0.138 e. The lowest BCUT2D eigenvalue weighted by Crippen LogP contribution is -2.62. The molecule has 4 saturated carbocycles. The largest absolute Gasteiger partial charge is 0.299 e. The number of carbonyl (C=O) groups excluding carboxylic acids is 1. The van der Waals surface area contributed by atoms with Crippen LogP contribution in [0, 0.1) is 51.2 Å². The Morgan fingerprint density at radius 3 is 1.86 bits per heavy atom. The summed E-state index contributed by atoms with van der Waals surface area (Å²) in [6.07, 6.45) is 14.4. The number of rotatable bonds is 2. The van der Waals surface area contributed by atoms with Crippen LogP contribution in [0.2, 0.25) is 0 Å². The predicted octanol–water partition coefficient (Wildman–Crippen LogP) is 11.7. The Bertz CT molecular complexity index is 725. The van der Waals surface area contributed by atoms with Crippen molar-refractivity contribution in [3.8, 4) is 0 Å². The molecule has 218 valence electrons. The van der Waals surface area contributed by atoms with E-state index in [9.17, 15) is 4.79 Å². The van der Waals surface area contributed by atoms with E-state index in [-0.39, 0.29) is 5.41 Å². The molecular formula is C36H68O. The van der Waals surface area contributed by atoms with Crippen LogP contribution in [0.15, 0.2) is 12.2 Å². The zero-order valence-electron chi connectivity index (χ0n) is 27.8. The summed E-state index contributed by atoms with van der Waals surface area (Å²) in [5.41, 5.74) is 2.47. The van der Waals surface area contributed by atoms with Gasteiger partial charge < -0.3 is 0 Å². The molecule has 4 aliphatic rings. The molecule has 4 fully saturated rings. The normalized spacial score (nSPS) is 38.9. The first kappa shape index (κ1) is 34.4. The van der Waals surface area contributed by atoms with E-state index >= 15 is 0 Å². The first-order valence-corrected chi connectivity index (χ1v) is 16.3. The van der Waals surface area contributed by atoms with Crippen molar-refractivity contribution < 1.29 is 4.79 Å². The maximum atomic E-state index is 12.8. The van der Waals surface area contributed by atoms with Crippen molar-refractivity contribution in [2.24, 2.45) is 51.2 Å². The van der Waals surface area contributed by atoms with Gasteiger partial charge >= 0.3 is 0 Å². The summed E-state index contributed by atoms with van der Waals surface area (Å²) in [6.45, 7) is 33.1. The highest BCUT2D eigenvalue weighted by atomic mass is 16.1. The highest BCUT2D eigenvalue weighted by molar-refractivity contribution is 5.85. The minimum Gasteiger partial charge on any atom is -0.299 e. The van der Waals surface area contributed by atoms with Gasteiger partial charge in [0.15, 0.2) is 0 Å². The molecule has 0 aliphatic heterocycles. The van der Waals surface area contributed by atoms with Crippen LogP contribution in [0.1, 0.15) is 161 Å². The van der Waals surface area contributed by atoms with Crippen molar-refractivity contribution in [1.82, 2.24) is 0 Å². The maximum Gasteiger partial charge on any atom is 0.138 e. The van der Waals surface area contributed by atoms with Crippen molar-refractivity contribution >= 4 is 5.78 Å². The number of hydrogen-bond donors (Lipinski definition) is 0. The Kier molecular flexibility index (Phi) is 12.7. The second kappa shape index (κ2) is 13.7. The highest BCUT2D eigenvalue weighted by Crippen LogP contribution is 2.71. The summed E-state index contributed by atoms with van der Waals surface area (Å²) >= 11 is 0. The topological polar surface area (TPSA) is 17.1 Å². The summed E-state index contributed by atoms with van der Waals surface area (Å²) in [5.74, 6) is 4.76. The average molecular weight is 517 g/mol. The molecule has 1 nitrogen and oxygen atoms in total. The van der Waals surface area contributed by atoms with Gasteiger partial charge in [-0.1, -0.05) is 94.6 Å². The number of carbonyl (C=O) groups is 1. The van der Waals surface area contributed by atoms with Gasteiger partial charge in [0.05, 0.1) is 0 Å². The second-order valence-corrected chi connectivity index (χ2v) is 15.0. The minimum absolute atomic E-state index is 0.107. The average Bonchev–Trinajstić information content (AvgIpc) is 2.79. The Labute approximate surface area is 234 Å². The molecular weight excluding hydrogens is 448 g/mol. The number of fused-ring (bicyclic) bond motifs is 5. The summed E-state index contributed by atoms with van der Waals surface area (Å²) in [6, 6.07) is 0. The molecule has 7 unspecified atom stereocenters. The van der Waals surface area contributed by atoms with Crippen LogP contribution < -0.4 is 0 Å². The van der Waals surface area contributed by atoms with Gasteiger partial charge in [-0.05, 0) is 111 Å². The lowest BCUT2D eigenvalue weighted by molar-refractivity contribution is -0.197. The van der Waals surface area contributed by atoms with Crippen LogP contribution >= 0.6 is 0 Å².